The van der Waals surface area contributed by atoms with Gasteiger partial charge in [-0.1, -0.05) is 13.0 Å². The van der Waals surface area contributed by atoms with E-state index >= 15 is 0 Å². The van der Waals surface area contributed by atoms with Crippen LogP contribution in [0.4, 0.5) is 0 Å². The van der Waals surface area contributed by atoms with Gasteiger partial charge in [0.1, 0.15) is 5.75 Å². The molecule has 0 amide bonds. The summed E-state index contributed by atoms with van der Waals surface area (Å²) in [4.78, 5) is 0. The van der Waals surface area contributed by atoms with Crippen LogP contribution in [0.25, 0.3) is 10.9 Å². The summed E-state index contributed by atoms with van der Waals surface area (Å²) in [6, 6.07) is 4.21. The number of aromatic nitrogens is 1. The van der Waals surface area contributed by atoms with Crippen molar-refractivity contribution in [3.05, 3.63) is 29.0 Å². The van der Waals surface area contributed by atoms with E-state index in [0.717, 1.165) is 25.3 Å². The molecule has 0 saturated carbocycles. The molecule has 0 saturated heterocycles. The molecule has 0 radical (unpaired) electrons. The zero-order chi connectivity index (χ0) is 14.0. The second-order valence-electron chi connectivity index (χ2n) is 5.03. The van der Waals surface area contributed by atoms with Crippen molar-refractivity contribution >= 4 is 10.9 Å². The van der Waals surface area contributed by atoms with Crippen molar-refractivity contribution in [3.63, 3.8) is 0 Å². The third kappa shape index (κ3) is 2.35. The lowest BCUT2D eigenvalue weighted by Crippen LogP contribution is -2.16. The SMILES string of the molecule is CCNCCc1c(C)n(C)c2c(OC)ccc(C)c12. The molecule has 0 aliphatic rings. The van der Waals surface area contributed by atoms with Gasteiger partial charge in [0.05, 0.1) is 12.6 Å². The molecule has 0 fully saturated rings. The van der Waals surface area contributed by atoms with E-state index in [1.54, 1.807) is 7.11 Å². The zero-order valence-corrected chi connectivity index (χ0v) is 12.6. The van der Waals surface area contributed by atoms with Gasteiger partial charge in [0, 0.05) is 18.1 Å². The molecule has 2 aromatic rings. The van der Waals surface area contributed by atoms with E-state index in [4.69, 9.17) is 4.74 Å². The van der Waals surface area contributed by atoms with Gasteiger partial charge in [0.2, 0.25) is 0 Å². The van der Waals surface area contributed by atoms with Gasteiger partial charge in [-0.05, 0) is 50.6 Å². The summed E-state index contributed by atoms with van der Waals surface area (Å²) in [5.41, 5.74) is 5.31. The predicted molar refractivity (Wildman–Crippen MR) is 81.2 cm³/mol. The van der Waals surface area contributed by atoms with Crippen LogP contribution < -0.4 is 10.1 Å². The molecule has 1 aromatic carbocycles. The van der Waals surface area contributed by atoms with Gasteiger partial charge in [-0.3, -0.25) is 0 Å². The number of ether oxygens (including phenoxy) is 1. The van der Waals surface area contributed by atoms with Crippen LogP contribution in [0.5, 0.6) is 5.75 Å². The Kier molecular flexibility index (Phi) is 4.15. The van der Waals surface area contributed by atoms with Crippen molar-refractivity contribution in [1.82, 2.24) is 9.88 Å². The monoisotopic (exact) mass is 260 g/mol. The maximum Gasteiger partial charge on any atom is 0.143 e. The van der Waals surface area contributed by atoms with Crippen LogP contribution in [0, 0.1) is 13.8 Å². The molecular formula is C16H24N2O. The Morgan fingerprint density at radius 1 is 1.26 bits per heavy atom. The molecule has 0 bridgehead atoms. The van der Waals surface area contributed by atoms with E-state index in [0.29, 0.717) is 0 Å². The quantitative estimate of drug-likeness (QED) is 0.837. The largest absolute Gasteiger partial charge is 0.495 e. The number of aryl methyl sites for hydroxylation is 2. The van der Waals surface area contributed by atoms with Crippen LogP contribution >= 0.6 is 0 Å². The third-order valence-corrected chi connectivity index (χ3v) is 3.95. The van der Waals surface area contributed by atoms with Crippen molar-refractivity contribution < 1.29 is 4.74 Å². The number of hydrogen-bond donors (Lipinski definition) is 1. The minimum absolute atomic E-state index is 0.959. The molecule has 1 heterocycles. The minimum Gasteiger partial charge on any atom is -0.495 e. The maximum absolute atomic E-state index is 5.52. The number of nitrogens with zero attached hydrogens (tertiary/aromatic N) is 1. The van der Waals surface area contributed by atoms with E-state index in [2.05, 4.69) is 49.8 Å². The lowest BCUT2D eigenvalue weighted by molar-refractivity contribution is 0.417. The Bertz CT molecular complexity index is 584. The van der Waals surface area contributed by atoms with E-state index in [9.17, 15) is 0 Å². The van der Waals surface area contributed by atoms with Crippen molar-refractivity contribution in [1.29, 1.82) is 0 Å². The van der Waals surface area contributed by atoms with Gasteiger partial charge in [-0.2, -0.15) is 0 Å². The van der Waals surface area contributed by atoms with Crippen LogP contribution in [-0.4, -0.2) is 24.8 Å². The normalized spacial score (nSPS) is 11.2. The molecule has 2 rings (SSSR count). The third-order valence-electron chi connectivity index (χ3n) is 3.95. The molecule has 3 heteroatoms. The summed E-state index contributed by atoms with van der Waals surface area (Å²) in [5.74, 6) is 0.959. The highest BCUT2D eigenvalue weighted by Gasteiger charge is 2.16. The Morgan fingerprint density at radius 2 is 2.00 bits per heavy atom. The molecular weight excluding hydrogens is 236 g/mol. The second-order valence-corrected chi connectivity index (χ2v) is 5.03. The second kappa shape index (κ2) is 5.66. The van der Waals surface area contributed by atoms with Crippen LogP contribution in [0.1, 0.15) is 23.7 Å². The van der Waals surface area contributed by atoms with Crippen LogP contribution in [0.15, 0.2) is 12.1 Å². The highest BCUT2D eigenvalue weighted by atomic mass is 16.5. The first-order valence-electron chi connectivity index (χ1n) is 6.94. The van der Waals surface area contributed by atoms with Crippen molar-refractivity contribution in [2.24, 2.45) is 7.05 Å². The lowest BCUT2D eigenvalue weighted by atomic mass is 10.0. The Morgan fingerprint density at radius 3 is 2.63 bits per heavy atom. The van der Waals surface area contributed by atoms with Gasteiger partial charge in [-0.15, -0.1) is 0 Å². The molecule has 1 N–H and O–H groups in total. The van der Waals surface area contributed by atoms with Gasteiger partial charge in [-0.25, -0.2) is 0 Å². The first kappa shape index (κ1) is 13.9. The van der Waals surface area contributed by atoms with E-state index < -0.39 is 0 Å². The summed E-state index contributed by atoms with van der Waals surface area (Å²) in [6.45, 7) is 8.56. The van der Waals surface area contributed by atoms with Crippen LogP contribution in [0.3, 0.4) is 0 Å². The minimum atomic E-state index is 0.959. The molecule has 19 heavy (non-hydrogen) atoms. The predicted octanol–water partition coefficient (Wildman–Crippen LogP) is 2.96. The molecule has 0 aliphatic heterocycles. The highest BCUT2D eigenvalue weighted by molar-refractivity contribution is 5.93. The summed E-state index contributed by atoms with van der Waals surface area (Å²) < 4.78 is 7.77. The van der Waals surface area contributed by atoms with Crippen molar-refractivity contribution in [2.75, 3.05) is 20.2 Å². The smallest absolute Gasteiger partial charge is 0.143 e. The lowest BCUT2D eigenvalue weighted by Gasteiger charge is -2.07. The van der Waals surface area contributed by atoms with Crippen molar-refractivity contribution in [3.8, 4) is 5.75 Å². The number of benzene rings is 1. The van der Waals surface area contributed by atoms with Gasteiger partial charge >= 0.3 is 0 Å². The van der Waals surface area contributed by atoms with Gasteiger partial charge in [0.25, 0.3) is 0 Å². The van der Waals surface area contributed by atoms with Gasteiger partial charge < -0.3 is 14.6 Å². The highest BCUT2D eigenvalue weighted by Crippen LogP contribution is 2.34. The van der Waals surface area contributed by atoms with Crippen LogP contribution in [-0.2, 0) is 13.5 Å². The van der Waals surface area contributed by atoms with E-state index in [1.807, 2.05) is 0 Å². The maximum atomic E-state index is 5.52. The zero-order valence-electron chi connectivity index (χ0n) is 12.6. The number of fused-ring (bicyclic) bond motifs is 1. The number of rotatable bonds is 5. The molecule has 104 valence electrons. The summed E-state index contributed by atoms with van der Waals surface area (Å²) >= 11 is 0. The Balaban J connectivity index is 2.60. The Labute approximate surface area is 115 Å². The number of hydrogen-bond acceptors (Lipinski definition) is 2. The van der Waals surface area contributed by atoms with Gasteiger partial charge in [0.15, 0.2) is 0 Å². The fourth-order valence-electron chi connectivity index (χ4n) is 2.80. The molecule has 0 unspecified atom stereocenters. The standard InChI is InChI=1S/C16H24N2O/c1-6-17-10-9-13-12(3)18(4)16-14(19-5)8-7-11(2)15(13)16/h7-8,17H,6,9-10H2,1-5H3. The number of likely N-dealkylation sites (N-methyl/N-ethyl adjacent to an activating group) is 1. The topological polar surface area (TPSA) is 26.2 Å². The fraction of sp³-hybridized carbons (Fsp3) is 0.500. The fourth-order valence-corrected chi connectivity index (χ4v) is 2.80. The number of nitrogens with one attached hydrogen (secondary N) is 1. The molecule has 1 aromatic heterocycles. The van der Waals surface area contributed by atoms with E-state index in [-0.39, 0.29) is 0 Å². The van der Waals surface area contributed by atoms with Crippen molar-refractivity contribution in [2.45, 2.75) is 27.2 Å². The molecule has 3 nitrogen and oxygen atoms in total. The first-order valence-corrected chi connectivity index (χ1v) is 6.94. The molecule has 0 spiro atoms. The average Bonchev–Trinajstić information content (AvgIpc) is 2.66. The van der Waals surface area contributed by atoms with E-state index in [1.165, 1.54) is 27.7 Å². The van der Waals surface area contributed by atoms with Crippen LogP contribution in [0.2, 0.25) is 0 Å². The summed E-state index contributed by atoms with van der Waals surface area (Å²) in [6.07, 6.45) is 1.06. The summed E-state index contributed by atoms with van der Waals surface area (Å²) in [7, 11) is 3.86. The average molecular weight is 260 g/mol. The summed E-state index contributed by atoms with van der Waals surface area (Å²) in [5, 5.41) is 4.76. The number of methoxy groups -OCH3 is 1. The Hall–Kier alpha value is -1.48. The molecule has 0 aliphatic carbocycles. The molecule has 0 atom stereocenters. The first-order chi connectivity index (χ1) is 9.11.